The lowest BCUT2D eigenvalue weighted by Crippen LogP contribution is -2.23. The van der Waals surface area contributed by atoms with Gasteiger partial charge >= 0.3 is 0 Å². The Morgan fingerprint density at radius 3 is 2.74 bits per heavy atom. The highest BCUT2D eigenvalue weighted by molar-refractivity contribution is 5.94. The number of aromatic nitrogens is 3. The molecule has 5 rings (SSSR count). The molecule has 0 bridgehead atoms. The lowest BCUT2D eigenvalue weighted by molar-refractivity contribution is 0.0950. The lowest BCUT2D eigenvalue weighted by atomic mass is 10.1. The number of nitrogens with one attached hydrogen (secondary N) is 1. The normalized spacial score (nSPS) is 15.6. The third-order valence-corrected chi connectivity index (χ3v) is 6.04. The molecule has 0 spiro atoms. The van der Waals surface area contributed by atoms with Gasteiger partial charge in [0, 0.05) is 49.7 Å². The number of hydrogen-bond donors (Lipinski definition) is 2. The van der Waals surface area contributed by atoms with Crippen LogP contribution in [-0.2, 0) is 13.0 Å². The zero-order chi connectivity index (χ0) is 23.5. The van der Waals surface area contributed by atoms with Crippen molar-refractivity contribution in [1.82, 2.24) is 20.3 Å². The lowest BCUT2D eigenvalue weighted by Gasteiger charge is -2.16. The van der Waals surface area contributed by atoms with Gasteiger partial charge in [0.2, 0.25) is 0 Å². The molecule has 1 amide bonds. The highest BCUT2D eigenvalue weighted by atomic mass is 19.1. The Balaban J connectivity index is 1.22. The van der Waals surface area contributed by atoms with Crippen LogP contribution in [0.5, 0.6) is 0 Å². The molecule has 1 atom stereocenters. The van der Waals surface area contributed by atoms with Crippen LogP contribution in [0.2, 0.25) is 0 Å². The number of fused-ring (bicyclic) bond motifs is 1. The van der Waals surface area contributed by atoms with Gasteiger partial charge in [-0.1, -0.05) is 18.2 Å². The fraction of sp³-hybridized carbons (Fsp3) is 0.231. The predicted octanol–water partition coefficient (Wildman–Crippen LogP) is 3.68. The average molecular weight is 457 g/mol. The maximum atomic E-state index is 13.4. The molecule has 4 aromatic rings. The summed E-state index contributed by atoms with van der Waals surface area (Å²) in [5, 5.41) is 4.83. The van der Waals surface area contributed by atoms with Gasteiger partial charge in [0.1, 0.15) is 17.8 Å². The number of pyridine rings is 3. The fourth-order valence-corrected chi connectivity index (χ4v) is 4.22. The van der Waals surface area contributed by atoms with Gasteiger partial charge in [-0.05, 0) is 52.8 Å². The molecule has 172 valence electrons. The first-order valence-corrected chi connectivity index (χ1v) is 11.2. The minimum Gasteiger partial charge on any atom is -0.383 e. The van der Waals surface area contributed by atoms with Crippen LogP contribution in [0, 0.1) is 0 Å². The van der Waals surface area contributed by atoms with Gasteiger partial charge in [-0.15, -0.1) is 0 Å². The molecule has 1 fully saturated rings. The van der Waals surface area contributed by atoms with Gasteiger partial charge in [-0.25, -0.2) is 14.4 Å². The second kappa shape index (κ2) is 9.43. The van der Waals surface area contributed by atoms with E-state index in [1.54, 1.807) is 24.8 Å². The van der Waals surface area contributed by atoms with Crippen LogP contribution in [-0.4, -0.2) is 40.1 Å². The van der Waals surface area contributed by atoms with E-state index in [-0.39, 0.29) is 5.91 Å². The maximum Gasteiger partial charge on any atom is 0.253 e. The molecule has 1 aliphatic rings. The number of carbonyl (C=O) groups excluding carboxylic acids is 1. The van der Waals surface area contributed by atoms with Gasteiger partial charge < -0.3 is 16.0 Å². The van der Waals surface area contributed by atoms with Crippen molar-refractivity contribution < 1.29 is 9.18 Å². The van der Waals surface area contributed by atoms with E-state index < -0.39 is 6.17 Å². The SMILES string of the molecule is Nc1nccc2cc(CNC(=O)c3cncc(Cc4ccc(N5CCC(F)C5)nc4)c3)ccc12. The summed E-state index contributed by atoms with van der Waals surface area (Å²) in [7, 11) is 0. The summed E-state index contributed by atoms with van der Waals surface area (Å²) >= 11 is 0. The Bertz CT molecular complexity index is 1330. The molecule has 3 aromatic heterocycles. The molecular weight excluding hydrogens is 431 g/mol. The number of nitrogens with two attached hydrogens (primary N) is 1. The molecule has 0 saturated carbocycles. The predicted molar refractivity (Wildman–Crippen MR) is 130 cm³/mol. The Morgan fingerprint density at radius 1 is 1.06 bits per heavy atom. The summed E-state index contributed by atoms with van der Waals surface area (Å²) in [4.78, 5) is 27.5. The molecule has 1 saturated heterocycles. The van der Waals surface area contributed by atoms with Crippen molar-refractivity contribution in [3.8, 4) is 0 Å². The molecule has 1 unspecified atom stereocenters. The molecule has 0 radical (unpaired) electrons. The van der Waals surface area contributed by atoms with Crippen molar-refractivity contribution >= 4 is 28.3 Å². The van der Waals surface area contributed by atoms with Gasteiger partial charge in [0.05, 0.1) is 12.1 Å². The van der Waals surface area contributed by atoms with E-state index in [4.69, 9.17) is 5.73 Å². The van der Waals surface area contributed by atoms with E-state index in [1.807, 2.05) is 47.4 Å². The average Bonchev–Trinajstić information content (AvgIpc) is 3.29. The molecule has 3 N–H and O–H groups in total. The zero-order valence-corrected chi connectivity index (χ0v) is 18.6. The third-order valence-electron chi connectivity index (χ3n) is 6.04. The van der Waals surface area contributed by atoms with Gasteiger partial charge in [-0.2, -0.15) is 0 Å². The Morgan fingerprint density at radius 2 is 1.94 bits per heavy atom. The van der Waals surface area contributed by atoms with Crippen LogP contribution in [0.3, 0.4) is 0 Å². The number of amides is 1. The van der Waals surface area contributed by atoms with Crippen molar-refractivity contribution in [3.63, 3.8) is 0 Å². The highest BCUT2D eigenvalue weighted by Gasteiger charge is 2.22. The van der Waals surface area contributed by atoms with Crippen LogP contribution in [0.1, 0.15) is 33.5 Å². The zero-order valence-electron chi connectivity index (χ0n) is 18.6. The van der Waals surface area contributed by atoms with Gasteiger partial charge in [0.15, 0.2) is 0 Å². The number of anilines is 2. The third kappa shape index (κ3) is 4.80. The van der Waals surface area contributed by atoms with Crippen molar-refractivity contribution in [2.24, 2.45) is 0 Å². The number of hydrogen-bond acceptors (Lipinski definition) is 6. The molecule has 34 heavy (non-hydrogen) atoms. The van der Waals surface area contributed by atoms with E-state index in [0.717, 1.165) is 33.3 Å². The molecular formula is C26H25FN6O. The Hall–Kier alpha value is -4.07. The smallest absolute Gasteiger partial charge is 0.253 e. The number of benzene rings is 1. The largest absolute Gasteiger partial charge is 0.383 e. The summed E-state index contributed by atoms with van der Waals surface area (Å²) in [5.74, 6) is 1.10. The van der Waals surface area contributed by atoms with Crippen LogP contribution in [0.25, 0.3) is 10.8 Å². The number of carbonyl (C=O) groups is 1. The second-order valence-corrected chi connectivity index (χ2v) is 8.55. The van der Waals surface area contributed by atoms with Crippen LogP contribution in [0.15, 0.2) is 67.3 Å². The summed E-state index contributed by atoms with van der Waals surface area (Å²) in [6.07, 6.45) is 7.17. The number of rotatable bonds is 6. The molecule has 8 heteroatoms. The molecule has 1 aromatic carbocycles. The minimum atomic E-state index is -0.779. The summed E-state index contributed by atoms with van der Waals surface area (Å²) in [6, 6.07) is 13.5. The number of nitrogen functional groups attached to an aromatic ring is 1. The van der Waals surface area contributed by atoms with Crippen LogP contribution in [0.4, 0.5) is 16.0 Å². The Kier molecular flexibility index (Phi) is 6.03. The van der Waals surface area contributed by atoms with Crippen molar-refractivity contribution in [3.05, 3.63) is 89.5 Å². The number of alkyl halides is 1. The van der Waals surface area contributed by atoms with Crippen molar-refractivity contribution in [2.45, 2.75) is 25.6 Å². The summed E-state index contributed by atoms with van der Waals surface area (Å²) in [6.45, 7) is 1.49. The highest BCUT2D eigenvalue weighted by Crippen LogP contribution is 2.21. The molecule has 7 nitrogen and oxygen atoms in total. The summed E-state index contributed by atoms with van der Waals surface area (Å²) < 4.78 is 13.4. The van der Waals surface area contributed by atoms with E-state index in [9.17, 15) is 9.18 Å². The van der Waals surface area contributed by atoms with Crippen LogP contribution < -0.4 is 16.0 Å². The maximum absolute atomic E-state index is 13.4. The fourth-order valence-electron chi connectivity index (χ4n) is 4.22. The quantitative estimate of drug-likeness (QED) is 0.460. The molecule has 0 aliphatic carbocycles. The van der Waals surface area contributed by atoms with Crippen molar-refractivity contribution in [1.29, 1.82) is 0 Å². The molecule has 4 heterocycles. The number of halogens is 1. The van der Waals surface area contributed by atoms with Gasteiger partial charge in [0.25, 0.3) is 5.91 Å². The van der Waals surface area contributed by atoms with Gasteiger partial charge in [-0.3, -0.25) is 9.78 Å². The van der Waals surface area contributed by atoms with E-state index in [1.165, 1.54) is 0 Å². The summed E-state index contributed by atoms with van der Waals surface area (Å²) in [5.41, 5.74) is 9.30. The van der Waals surface area contributed by atoms with Crippen molar-refractivity contribution in [2.75, 3.05) is 23.7 Å². The van der Waals surface area contributed by atoms with E-state index >= 15 is 0 Å². The standard InChI is InChI=1S/C26H25FN6O/c27-22-6-8-33(16-22)24-4-2-17(13-31-24)9-19-11-21(15-29-12-19)26(34)32-14-18-1-3-23-20(10-18)5-7-30-25(23)28/h1-5,7,10-13,15,22H,6,8-9,14,16H2,(H2,28,30)(H,32,34). The Labute approximate surface area is 196 Å². The van der Waals surface area contributed by atoms with E-state index in [2.05, 4.69) is 20.3 Å². The number of nitrogens with zero attached hydrogens (tertiary/aromatic N) is 4. The first kappa shape index (κ1) is 21.8. The molecule has 1 aliphatic heterocycles. The first-order chi connectivity index (χ1) is 16.5. The minimum absolute atomic E-state index is 0.188. The topological polar surface area (TPSA) is 97.0 Å². The monoisotopic (exact) mass is 456 g/mol. The first-order valence-electron chi connectivity index (χ1n) is 11.2. The second-order valence-electron chi connectivity index (χ2n) is 8.55. The van der Waals surface area contributed by atoms with Crippen LogP contribution >= 0.6 is 0 Å². The van der Waals surface area contributed by atoms with E-state index in [0.29, 0.717) is 43.9 Å².